The minimum Gasteiger partial charge on any atom is -0.493 e. The van der Waals surface area contributed by atoms with Crippen LogP contribution in [0.15, 0.2) is 40.8 Å². The Balaban J connectivity index is 1.84. The fraction of sp³-hybridized carbons (Fsp3) is 0.423. The zero-order chi connectivity index (χ0) is 21.6. The standard InChI is InChI=1S/C26H30FNO3/c1-28-26(29)24-23-20-10-8-6-4-2-3-5-7-9-17-30-21(20)15-16-22(23)31-25(24)18-11-13-19(27)14-12-18/h11-16H,2-10,17H2,1H3,(H,28,29). The Morgan fingerprint density at radius 3 is 2.29 bits per heavy atom. The van der Waals surface area contributed by atoms with Crippen molar-refractivity contribution < 1.29 is 18.3 Å². The first-order chi connectivity index (χ1) is 15.2. The lowest BCUT2D eigenvalue weighted by molar-refractivity contribution is 0.0964. The van der Waals surface area contributed by atoms with E-state index in [2.05, 4.69) is 5.32 Å². The Morgan fingerprint density at radius 1 is 0.903 bits per heavy atom. The minimum atomic E-state index is -0.324. The Kier molecular flexibility index (Phi) is 6.90. The number of carbonyl (C=O) groups excluding carboxylic acids is 1. The fourth-order valence-corrected chi connectivity index (χ4v) is 4.42. The van der Waals surface area contributed by atoms with Gasteiger partial charge in [0.05, 0.1) is 12.2 Å². The third-order valence-electron chi connectivity index (χ3n) is 6.06. The number of ether oxygens (including phenoxy) is 1. The summed E-state index contributed by atoms with van der Waals surface area (Å²) in [5.41, 5.74) is 2.86. The number of aryl methyl sites for hydroxylation is 1. The molecule has 4 rings (SSSR count). The van der Waals surface area contributed by atoms with Crippen LogP contribution < -0.4 is 10.1 Å². The molecule has 3 aromatic rings. The van der Waals surface area contributed by atoms with Crippen LogP contribution in [0.25, 0.3) is 22.3 Å². The van der Waals surface area contributed by atoms with Crippen molar-refractivity contribution in [1.29, 1.82) is 0 Å². The highest BCUT2D eigenvalue weighted by Gasteiger charge is 2.25. The van der Waals surface area contributed by atoms with E-state index in [9.17, 15) is 9.18 Å². The predicted octanol–water partition coefficient (Wildman–Crippen LogP) is 6.65. The summed E-state index contributed by atoms with van der Waals surface area (Å²) in [5.74, 6) is 0.763. The number of carbonyl (C=O) groups is 1. The molecule has 0 unspecified atom stereocenters. The van der Waals surface area contributed by atoms with Gasteiger partial charge in [-0.3, -0.25) is 4.79 Å². The lowest BCUT2D eigenvalue weighted by atomic mass is 9.96. The molecule has 1 aromatic heterocycles. The minimum absolute atomic E-state index is 0.214. The number of hydrogen-bond donors (Lipinski definition) is 1. The first-order valence-electron chi connectivity index (χ1n) is 11.4. The lowest BCUT2D eigenvalue weighted by Crippen LogP contribution is -2.18. The summed E-state index contributed by atoms with van der Waals surface area (Å²) < 4.78 is 25.8. The van der Waals surface area contributed by atoms with Gasteiger partial charge in [-0.05, 0) is 55.7 Å². The van der Waals surface area contributed by atoms with E-state index >= 15 is 0 Å². The third-order valence-corrected chi connectivity index (χ3v) is 6.06. The lowest BCUT2D eigenvalue weighted by Gasteiger charge is -2.13. The number of amides is 1. The highest BCUT2D eigenvalue weighted by Crippen LogP contribution is 2.40. The van der Waals surface area contributed by atoms with Crippen LogP contribution in [0.5, 0.6) is 5.75 Å². The molecule has 0 radical (unpaired) electrons. The molecule has 5 heteroatoms. The molecule has 0 saturated heterocycles. The number of fused-ring (bicyclic) bond motifs is 3. The Bertz CT molecular complexity index is 1040. The van der Waals surface area contributed by atoms with Crippen molar-refractivity contribution in [2.75, 3.05) is 13.7 Å². The molecule has 0 spiro atoms. The molecule has 0 bridgehead atoms. The van der Waals surface area contributed by atoms with Crippen LogP contribution in [0.4, 0.5) is 4.39 Å². The van der Waals surface area contributed by atoms with Gasteiger partial charge in [-0.1, -0.05) is 38.5 Å². The molecule has 0 fully saturated rings. The van der Waals surface area contributed by atoms with Crippen molar-refractivity contribution in [2.24, 2.45) is 0 Å². The van der Waals surface area contributed by atoms with Gasteiger partial charge in [-0.15, -0.1) is 0 Å². The molecule has 164 valence electrons. The van der Waals surface area contributed by atoms with Crippen LogP contribution >= 0.6 is 0 Å². The van der Waals surface area contributed by atoms with Crippen LogP contribution in [0.1, 0.15) is 67.3 Å². The molecule has 2 heterocycles. The Labute approximate surface area is 182 Å². The van der Waals surface area contributed by atoms with Gasteiger partial charge in [0, 0.05) is 23.6 Å². The summed E-state index contributed by atoms with van der Waals surface area (Å²) in [7, 11) is 1.62. The second-order valence-corrected chi connectivity index (χ2v) is 8.23. The molecule has 1 aliphatic heterocycles. The van der Waals surface area contributed by atoms with Crippen molar-refractivity contribution in [3.05, 3.63) is 53.3 Å². The molecule has 1 N–H and O–H groups in total. The van der Waals surface area contributed by atoms with Gasteiger partial charge < -0.3 is 14.5 Å². The van der Waals surface area contributed by atoms with Crippen molar-refractivity contribution >= 4 is 16.9 Å². The largest absolute Gasteiger partial charge is 0.493 e. The molecule has 0 aliphatic carbocycles. The van der Waals surface area contributed by atoms with E-state index in [0.717, 1.165) is 42.4 Å². The van der Waals surface area contributed by atoms with Crippen molar-refractivity contribution in [3.8, 4) is 17.1 Å². The zero-order valence-corrected chi connectivity index (χ0v) is 18.1. The van der Waals surface area contributed by atoms with Gasteiger partial charge in [0.2, 0.25) is 0 Å². The summed E-state index contributed by atoms with van der Waals surface area (Å²) in [4.78, 5) is 13.0. The molecule has 0 saturated carbocycles. The number of benzene rings is 2. The average Bonchev–Trinajstić information content (AvgIpc) is 3.18. The number of nitrogens with one attached hydrogen (secondary N) is 1. The summed E-state index contributed by atoms with van der Waals surface area (Å²) in [5, 5.41) is 3.56. The molecule has 1 aliphatic rings. The first kappa shape index (κ1) is 21.4. The number of rotatable bonds is 2. The van der Waals surface area contributed by atoms with Crippen molar-refractivity contribution in [3.63, 3.8) is 0 Å². The second kappa shape index (κ2) is 9.99. The summed E-state index contributed by atoms with van der Waals surface area (Å²) in [6.07, 6.45) is 10.3. The van der Waals surface area contributed by atoms with Crippen LogP contribution in [-0.4, -0.2) is 19.6 Å². The number of halogens is 1. The van der Waals surface area contributed by atoms with Gasteiger partial charge in [-0.2, -0.15) is 0 Å². The normalized spacial score (nSPS) is 15.8. The molecule has 0 atom stereocenters. The van der Waals surface area contributed by atoms with E-state index in [0.29, 0.717) is 29.1 Å². The fourth-order valence-electron chi connectivity index (χ4n) is 4.42. The van der Waals surface area contributed by atoms with E-state index in [1.807, 2.05) is 12.1 Å². The van der Waals surface area contributed by atoms with Gasteiger partial charge in [0.15, 0.2) is 0 Å². The van der Waals surface area contributed by atoms with E-state index in [1.165, 1.54) is 44.2 Å². The van der Waals surface area contributed by atoms with Gasteiger partial charge in [0.1, 0.15) is 22.9 Å². The van der Waals surface area contributed by atoms with E-state index in [4.69, 9.17) is 9.15 Å². The van der Waals surface area contributed by atoms with E-state index in [1.54, 1.807) is 19.2 Å². The molecule has 1 amide bonds. The Hall–Kier alpha value is -2.82. The highest BCUT2D eigenvalue weighted by atomic mass is 19.1. The second-order valence-electron chi connectivity index (χ2n) is 8.23. The quantitative estimate of drug-likeness (QED) is 0.502. The first-order valence-corrected chi connectivity index (χ1v) is 11.4. The maximum absolute atomic E-state index is 13.5. The maximum Gasteiger partial charge on any atom is 0.255 e. The van der Waals surface area contributed by atoms with Gasteiger partial charge in [0.25, 0.3) is 5.91 Å². The SMILES string of the molecule is CNC(=O)c1c(-c2ccc(F)cc2)oc2ccc3c(c12)CCCCCCCCCCO3. The van der Waals surface area contributed by atoms with Crippen LogP contribution in [0.2, 0.25) is 0 Å². The molecular weight excluding hydrogens is 393 g/mol. The number of furan rings is 1. The van der Waals surface area contributed by atoms with Gasteiger partial charge in [-0.25, -0.2) is 4.39 Å². The Morgan fingerprint density at radius 2 is 1.58 bits per heavy atom. The maximum atomic E-state index is 13.5. The third kappa shape index (κ3) is 4.76. The topological polar surface area (TPSA) is 51.5 Å². The smallest absolute Gasteiger partial charge is 0.255 e. The van der Waals surface area contributed by atoms with E-state index in [-0.39, 0.29) is 11.7 Å². The predicted molar refractivity (Wildman–Crippen MR) is 121 cm³/mol. The summed E-state index contributed by atoms with van der Waals surface area (Å²) in [6, 6.07) is 9.90. The summed E-state index contributed by atoms with van der Waals surface area (Å²) in [6.45, 7) is 0.677. The van der Waals surface area contributed by atoms with E-state index < -0.39 is 0 Å². The van der Waals surface area contributed by atoms with Crippen LogP contribution in [0, 0.1) is 5.82 Å². The molecule has 4 nitrogen and oxygen atoms in total. The summed E-state index contributed by atoms with van der Waals surface area (Å²) >= 11 is 0. The molecule has 2 aromatic carbocycles. The van der Waals surface area contributed by atoms with Crippen LogP contribution in [-0.2, 0) is 6.42 Å². The molecular formula is C26H30FNO3. The highest BCUT2D eigenvalue weighted by molar-refractivity contribution is 6.12. The number of hydrogen-bond acceptors (Lipinski definition) is 3. The van der Waals surface area contributed by atoms with Gasteiger partial charge >= 0.3 is 0 Å². The van der Waals surface area contributed by atoms with Crippen molar-refractivity contribution in [2.45, 2.75) is 57.8 Å². The van der Waals surface area contributed by atoms with Crippen molar-refractivity contribution in [1.82, 2.24) is 5.32 Å². The average molecular weight is 424 g/mol. The monoisotopic (exact) mass is 423 g/mol. The molecule has 31 heavy (non-hydrogen) atoms. The zero-order valence-electron chi connectivity index (χ0n) is 18.1. The van der Waals surface area contributed by atoms with Crippen LogP contribution in [0.3, 0.4) is 0 Å².